The smallest absolute Gasteiger partial charge is 0.348 e. The quantitative estimate of drug-likeness (QED) is 0.0795. The van der Waals surface area contributed by atoms with Crippen LogP contribution in [0.15, 0.2) is 94.9 Å². The van der Waals surface area contributed by atoms with Crippen LogP contribution in [0.2, 0.25) is 0 Å². The normalized spacial score (nSPS) is 29.8. The molecule has 0 aromatic rings. The molecule has 1 saturated carbocycles. The Balaban J connectivity index is 1.14. The first-order chi connectivity index (χ1) is 26.7. The highest BCUT2D eigenvalue weighted by Gasteiger charge is 2.56. The zero-order chi connectivity index (χ0) is 40.7. The fourth-order valence-corrected chi connectivity index (χ4v) is 6.54. The number of ether oxygens (including phenoxy) is 8. The van der Waals surface area contributed by atoms with Gasteiger partial charge < -0.3 is 48.1 Å². The Morgan fingerprint density at radius 1 is 0.464 bits per heavy atom. The third-order valence-corrected chi connectivity index (χ3v) is 9.63. The van der Waals surface area contributed by atoms with Crippen molar-refractivity contribution in [3.05, 3.63) is 94.9 Å². The standard InChI is InChI=1S/C40H44O16/c1-5-19-37(7-3)49-29(41)25(30(42)50-37)15-11-9-13-17-27-33(45)53-39(54-34(27)46)21-23-40(24-22-39)55-35(47)28(36(48)56-40)18-14-10-12-16-26-31(43)51-38(8-4,20-6-2)52-32(26)44/h9-18,41,47H,5-8,19-24H2,1-4H3/b12-10+,13-9+,15-11+,18-14+,26-16?,27-17?. The molecular weight excluding hydrogens is 736 g/mol. The van der Waals surface area contributed by atoms with Gasteiger partial charge in [0.1, 0.15) is 22.3 Å². The zero-order valence-corrected chi connectivity index (χ0v) is 31.5. The average molecular weight is 781 g/mol. The number of hydrogen-bond donors (Lipinski definition) is 2. The van der Waals surface area contributed by atoms with Crippen LogP contribution in [0.25, 0.3) is 0 Å². The largest absolute Gasteiger partial charge is 0.480 e. The Hall–Kier alpha value is -6.06. The number of hydrogen-bond acceptors (Lipinski definition) is 16. The summed E-state index contributed by atoms with van der Waals surface area (Å²) in [5.41, 5.74) is -1.21. The molecule has 0 aromatic carbocycles. The van der Waals surface area contributed by atoms with Crippen molar-refractivity contribution in [1.29, 1.82) is 0 Å². The second-order valence-corrected chi connectivity index (χ2v) is 13.5. The van der Waals surface area contributed by atoms with Gasteiger partial charge in [-0.05, 0) is 37.1 Å². The van der Waals surface area contributed by atoms with Crippen molar-refractivity contribution in [2.24, 2.45) is 0 Å². The maximum absolute atomic E-state index is 12.9. The van der Waals surface area contributed by atoms with Crippen molar-refractivity contribution in [1.82, 2.24) is 0 Å². The summed E-state index contributed by atoms with van der Waals surface area (Å²) in [6, 6.07) is 0. The van der Waals surface area contributed by atoms with Gasteiger partial charge in [-0.1, -0.05) is 64.2 Å². The fourth-order valence-electron chi connectivity index (χ4n) is 6.54. The molecule has 5 aliphatic rings. The van der Waals surface area contributed by atoms with E-state index in [-0.39, 0.29) is 42.4 Å². The van der Waals surface area contributed by atoms with Gasteiger partial charge in [0.05, 0.1) is 0 Å². The lowest BCUT2D eigenvalue weighted by Gasteiger charge is -2.46. The summed E-state index contributed by atoms with van der Waals surface area (Å²) in [5.74, 6) is -12.3. The molecule has 4 aliphatic heterocycles. The summed E-state index contributed by atoms with van der Waals surface area (Å²) in [5, 5.41) is 20.9. The van der Waals surface area contributed by atoms with E-state index in [1.54, 1.807) is 13.8 Å². The van der Waals surface area contributed by atoms with Crippen molar-refractivity contribution >= 4 is 35.8 Å². The topological polar surface area (TPSA) is 217 Å². The Bertz CT molecular complexity index is 1850. The molecule has 0 amide bonds. The Labute approximate surface area is 322 Å². The number of cyclic esters (lactones) is 3. The molecule has 16 nitrogen and oxygen atoms in total. The average Bonchev–Trinajstić information content (AvgIpc) is 3.13. The van der Waals surface area contributed by atoms with E-state index < -0.39 is 76.4 Å². The Kier molecular flexibility index (Phi) is 12.3. The minimum atomic E-state index is -1.66. The molecule has 2 N–H and O–H groups in total. The van der Waals surface area contributed by atoms with Crippen LogP contribution in [-0.4, -0.2) is 69.2 Å². The minimum absolute atomic E-state index is 0.103. The highest BCUT2D eigenvalue weighted by atomic mass is 16.8. The SMILES string of the molecule is CCCC1(CC)OC(=O)C(=C/C=C/C=C/C2=C(O)OC3(CCC4(CC3)OC(=O)C(=C/C=C/C=C/C3=C(O)OC(CC)(CCC)OC3=O)C(=O)O4)OC2=O)C(=O)O1. The van der Waals surface area contributed by atoms with Gasteiger partial charge in [-0.25, -0.2) is 28.8 Å². The third-order valence-electron chi connectivity index (χ3n) is 9.63. The molecule has 0 bridgehead atoms. The molecule has 1 aliphatic carbocycles. The summed E-state index contributed by atoms with van der Waals surface area (Å²) in [6.07, 6.45) is 15.3. The van der Waals surface area contributed by atoms with E-state index in [1.807, 2.05) is 13.8 Å². The fraction of sp³-hybridized carbons (Fsp3) is 0.450. The summed E-state index contributed by atoms with van der Waals surface area (Å²) in [7, 11) is 0. The lowest BCUT2D eigenvalue weighted by molar-refractivity contribution is -0.297. The van der Waals surface area contributed by atoms with E-state index in [0.717, 1.165) is 6.08 Å². The van der Waals surface area contributed by atoms with Crippen molar-refractivity contribution in [2.75, 3.05) is 0 Å². The molecule has 5 rings (SSSR count). The van der Waals surface area contributed by atoms with Crippen molar-refractivity contribution in [3.8, 4) is 0 Å². The van der Waals surface area contributed by atoms with Gasteiger partial charge in [0.2, 0.25) is 0 Å². The monoisotopic (exact) mass is 780 g/mol. The zero-order valence-electron chi connectivity index (χ0n) is 31.5. The summed E-state index contributed by atoms with van der Waals surface area (Å²) < 4.78 is 43.9. The number of carbonyl (C=O) groups is 6. The van der Waals surface area contributed by atoms with E-state index >= 15 is 0 Å². The number of aliphatic hydroxyl groups excluding tert-OH is 2. The van der Waals surface area contributed by atoms with Gasteiger partial charge in [-0.15, -0.1) is 0 Å². The molecule has 0 radical (unpaired) electrons. The van der Waals surface area contributed by atoms with Crippen LogP contribution in [-0.2, 0) is 66.7 Å². The Morgan fingerprint density at radius 3 is 1.23 bits per heavy atom. The highest BCUT2D eigenvalue weighted by molar-refractivity contribution is 6.16. The van der Waals surface area contributed by atoms with E-state index in [4.69, 9.17) is 37.9 Å². The van der Waals surface area contributed by atoms with Gasteiger partial charge in [0.25, 0.3) is 35.0 Å². The number of esters is 6. The maximum atomic E-state index is 12.9. The van der Waals surface area contributed by atoms with Gasteiger partial charge in [0, 0.05) is 51.4 Å². The number of rotatable bonds is 12. The summed E-state index contributed by atoms with van der Waals surface area (Å²) in [4.78, 5) is 76.0. The summed E-state index contributed by atoms with van der Waals surface area (Å²) in [6.45, 7) is 7.29. The number of carbonyl (C=O) groups excluding carboxylic acids is 6. The highest BCUT2D eigenvalue weighted by Crippen LogP contribution is 2.46. The van der Waals surface area contributed by atoms with E-state index in [0.29, 0.717) is 38.5 Å². The molecule has 0 aromatic heterocycles. The first-order valence-electron chi connectivity index (χ1n) is 18.4. The first kappa shape index (κ1) is 41.1. The second kappa shape index (κ2) is 16.8. The van der Waals surface area contributed by atoms with Crippen LogP contribution < -0.4 is 0 Å². The van der Waals surface area contributed by atoms with Gasteiger partial charge in [-0.2, -0.15) is 0 Å². The van der Waals surface area contributed by atoms with Crippen LogP contribution >= 0.6 is 0 Å². The predicted octanol–water partition coefficient (Wildman–Crippen LogP) is 5.73. The predicted molar refractivity (Wildman–Crippen MR) is 191 cm³/mol. The lowest BCUT2D eigenvalue weighted by Crippen LogP contribution is -2.54. The van der Waals surface area contributed by atoms with E-state index in [9.17, 15) is 39.0 Å². The minimum Gasteiger partial charge on any atom is -0.480 e. The van der Waals surface area contributed by atoms with Crippen LogP contribution in [0.5, 0.6) is 0 Å². The van der Waals surface area contributed by atoms with Crippen molar-refractivity contribution in [3.63, 3.8) is 0 Å². The van der Waals surface area contributed by atoms with Crippen molar-refractivity contribution in [2.45, 2.75) is 115 Å². The molecule has 3 fully saturated rings. The molecule has 2 saturated heterocycles. The molecule has 4 heterocycles. The first-order valence-corrected chi connectivity index (χ1v) is 18.4. The summed E-state index contributed by atoms with van der Waals surface area (Å²) >= 11 is 0. The van der Waals surface area contributed by atoms with Crippen LogP contribution in [0.1, 0.15) is 91.9 Å². The van der Waals surface area contributed by atoms with Crippen LogP contribution in [0.3, 0.4) is 0 Å². The van der Waals surface area contributed by atoms with Crippen LogP contribution in [0, 0.1) is 0 Å². The van der Waals surface area contributed by atoms with Gasteiger partial charge >= 0.3 is 35.8 Å². The molecule has 300 valence electrons. The molecular formula is C40H44O16. The van der Waals surface area contributed by atoms with Crippen molar-refractivity contribution < 1.29 is 76.9 Å². The lowest BCUT2D eigenvalue weighted by atomic mass is 9.87. The van der Waals surface area contributed by atoms with E-state index in [2.05, 4.69) is 0 Å². The number of allylic oxidation sites excluding steroid dienone is 8. The maximum Gasteiger partial charge on any atom is 0.348 e. The van der Waals surface area contributed by atoms with Gasteiger partial charge in [-0.3, -0.25) is 0 Å². The second-order valence-electron chi connectivity index (χ2n) is 13.5. The molecule has 16 heteroatoms. The Morgan fingerprint density at radius 2 is 0.821 bits per heavy atom. The molecule has 1 atom stereocenters. The molecule has 1 unspecified atom stereocenters. The molecule has 2 spiro atoms. The van der Waals surface area contributed by atoms with E-state index in [1.165, 1.54) is 54.7 Å². The third kappa shape index (κ3) is 8.74. The number of aliphatic hydroxyl groups is 2. The van der Waals surface area contributed by atoms with Gasteiger partial charge in [0.15, 0.2) is 0 Å². The molecule has 56 heavy (non-hydrogen) atoms. The van der Waals surface area contributed by atoms with Crippen LogP contribution in [0.4, 0.5) is 0 Å².